The van der Waals surface area contributed by atoms with Crippen LogP contribution < -0.4 is 5.73 Å². The first-order chi connectivity index (χ1) is 14.3. The lowest BCUT2D eigenvalue weighted by atomic mass is 10.0. The molecular weight excluding hydrogens is 409 g/mol. The number of carbonyl (C=O) groups is 2. The summed E-state index contributed by atoms with van der Waals surface area (Å²) in [5.41, 5.74) is 8.93. The van der Waals surface area contributed by atoms with Gasteiger partial charge < -0.3 is 10.6 Å². The molecule has 2 N–H and O–H groups in total. The van der Waals surface area contributed by atoms with E-state index in [1.54, 1.807) is 15.8 Å². The Morgan fingerprint density at radius 2 is 2.03 bits per heavy atom. The van der Waals surface area contributed by atoms with E-state index in [1.807, 2.05) is 19.1 Å². The average Bonchev–Trinajstić information content (AvgIpc) is 3.09. The lowest BCUT2D eigenvalue weighted by Crippen LogP contribution is -2.40. The zero-order valence-corrected chi connectivity index (χ0v) is 17.0. The van der Waals surface area contributed by atoms with Crippen LogP contribution in [0.1, 0.15) is 27.3 Å². The zero-order chi connectivity index (χ0) is 21.4. The number of halogens is 2. The second-order valence-electron chi connectivity index (χ2n) is 7.20. The van der Waals surface area contributed by atoms with E-state index in [0.717, 1.165) is 5.56 Å². The summed E-state index contributed by atoms with van der Waals surface area (Å²) >= 11 is 5.89. The summed E-state index contributed by atoms with van der Waals surface area (Å²) in [6.07, 6.45) is 1.84. The second-order valence-corrected chi connectivity index (χ2v) is 7.61. The monoisotopic (exact) mass is 427 g/mol. The molecule has 154 valence electrons. The third-order valence-electron chi connectivity index (χ3n) is 5.08. The van der Waals surface area contributed by atoms with Gasteiger partial charge in [0, 0.05) is 24.0 Å². The molecule has 0 radical (unpaired) electrons. The lowest BCUT2D eigenvalue weighted by molar-refractivity contribution is -0.132. The third-order valence-corrected chi connectivity index (χ3v) is 5.37. The number of carbonyl (C=O) groups excluding carboxylic acids is 2. The molecule has 0 spiro atoms. The fourth-order valence-corrected chi connectivity index (χ4v) is 3.78. The van der Waals surface area contributed by atoms with Crippen LogP contribution in [0.5, 0.6) is 0 Å². The van der Waals surface area contributed by atoms with Crippen molar-refractivity contribution in [1.82, 2.24) is 19.7 Å². The van der Waals surface area contributed by atoms with Crippen molar-refractivity contribution in [3.8, 4) is 11.3 Å². The molecule has 30 heavy (non-hydrogen) atoms. The first kappa shape index (κ1) is 20.0. The van der Waals surface area contributed by atoms with Gasteiger partial charge in [0.1, 0.15) is 11.5 Å². The van der Waals surface area contributed by atoms with E-state index in [-0.39, 0.29) is 29.5 Å². The molecule has 0 saturated heterocycles. The molecule has 9 heteroatoms. The molecule has 2 aromatic heterocycles. The minimum absolute atomic E-state index is 0.0728. The standard InChI is InChI=1S/C21H19ClFN5O2/c1-12-4-5-25-14(8-12)10-18(29)27-6-7-28-17(11-27)19(21(24)30)20(26-28)13-2-3-16(23)15(22)9-13/h2-5,8-9H,6-7,10-11H2,1H3,(H2,24,30). The van der Waals surface area contributed by atoms with E-state index in [9.17, 15) is 14.0 Å². The van der Waals surface area contributed by atoms with Gasteiger partial charge in [-0.15, -0.1) is 0 Å². The van der Waals surface area contributed by atoms with Crippen molar-refractivity contribution in [1.29, 1.82) is 0 Å². The van der Waals surface area contributed by atoms with Crippen molar-refractivity contribution >= 4 is 23.4 Å². The van der Waals surface area contributed by atoms with E-state index in [1.165, 1.54) is 18.2 Å². The van der Waals surface area contributed by atoms with Crippen LogP contribution in [0.4, 0.5) is 4.39 Å². The Kier molecular flexibility index (Phi) is 5.26. The number of amides is 2. The number of primary amides is 1. The van der Waals surface area contributed by atoms with Gasteiger partial charge in [0.25, 0.3) is 5.91 Å². The minimum Gasteiger partial charge on any atom is -0.365 e. The molecule has 1 aromatic carbocycles. The summed E-state index contributed by atoms with van der Waals surface area (Å²) in [5, 5.41) is 4.41. The molecular formula is C21H19ClFN5O2. The maximum Gasteiger partial charge on any atom is 0.252 e. The number of rotatable bonds is 4. The van der Waals surface area contributed by atoms with Crippen LogP contribution in [0.3, 0.4) is 0 Å². The number of hydrogen-bond donors (Lipinski definition) is 1. The van der Waals surface area contributed by atoms with Crippen molar-refractivity contribution in [2.75, 3.05) is 6.54 Å². The molecule has 0 atom stereocenters. The van der Waals surface area contributed by atoms with Crippen molar-refractivity contribution in [2.45, 2.75) is 26.4 Å². The smallest absolute Gasteiger partial charge is 0.252 e. The van der Waals surface area contributed by atoms with E-state index < -0.39 is 11.7 Å². The van der Waals surface area contributed by atoms with Gasteiger partial charge >= 0.3 is 0 Å². The lowest BCUT2D eigenvalue weighted by Gasteiger charge is -2.28. The molecule has 0 aliphatic carbocycles. The fraction of sp³-hybridized carbons (Fsp3) is 0.238. The van der Waals surface area contributed by atoms with Crippen molar-refractivity contribution in [2.24, 2.45) is 5.73 Å². The summed E-state index contributed by atoms with van der Waals surface area (Å²) in [6.45, 7) is 3.00. The number of pyridine rings is 1. The highest BCUT2D eigenvalue weighted by atomic mass is 35.5. The summed E-state index contributed by atoms with van der Waals surface area (Å²) < 4.78 is 15.2. The van der Waals surface area contributed by atoms with Crippen LogP contribution in [-0.2, 0) is 24.3 Å². The van der Waals surface area contributed by atoms with Gasteiger partial charge in [0.05, 0.1) is 35.8 Å². The number of hydrogen-bond acceptors (Lipinski definition) is 4. The Balaban J connectivity index is 1.64. The molecule has 7 nitrogen and oxygen atoms in total. The quantitative estimate of drug-likeness (QED) is 0.692. The Morgan fingerprint density at radius 1 is 1.23 bits per heavy atom. The molecule has 1 aliphatic rings. The highest BCUT2D eigenvalue weighted by Crippen LogP contribution is 2.30. The van der Waals surface area contributed by atoms with E-state index >= 15 is 0 Å². The Hall–Kier alpha value is -3.26. The van der Waals surface area contributed by atoms with Crippen molar-refractivity contribution in [3.05, 3.63) is 69.9 Å². The predicted octanol–water partition coefficient (Wildman–Crippen LogP) is 2.73. The summed E-state index contributed by atoms with van der Waals surface area (Å²) in [4.78, 5) is 30.9. The second kappa shape index (κ2) is 7.87. The molecule has 2 amide bonds. The predicted molar refractivity (Wildman–Crippen MR) is 109 cm³/mol. The summed E-state index contributed by atoms with van der Waals surface area (Å²) in [5.74, 6) is -1.32. The molecule has 3 heterocycles. The van der Waals surface area contributed by atoms with Crippen LogP contribution in [0.25, 0.3) is 11.3 Å². The van der Waals surface area contributed by atoms with Crippen LogP contribution in [0.15, 0.2) is 36.5 Å². The van der Waals surface area contributed by atoms with Gasteiger partial charge in [-0.25, -0.2) is 4.39 Å². The van der Waals surface area contributed by atoms with Gasteiger partial charge in [-0.2, -0.15) is 5.10 Å². The molecule has 0 saturated carbocycles. The Morgan fingerprint density at radius 3 is 2.73 bits per heavy atom. The molecule has 3 aromatic rings. The maximum atomic E-state index is 13.5. The van der Waals surface area contributed by atoms with Gasteiger partial charge in [0.2, 0.25) is 5.91 Å². The Labute approximate surface area is 177 Å². The molecule has 0 unspecified atom stereocenters. The Bertz CT molecular complexity index is 1160. The molecule has 1 aliphatic heterocycles. The van der Waals surface area contributed by atoms with Crippen LogP contribution in [-0.4, -0.2) is 38.0 Å². The number of aryl methyl sites for hydroxylation is 1. The SMILES string of the molecule is Cc1ccnc(CC(=O)N2CCn3nc(-c4ccc(F)c(Cl)c4)c(C(N)=O)c3C2)c1. The topological polar surface area (TPSA) is 94.1 Å². The highest BCUT2D eigenvalue weighted by Gasteiger charge is 2.29. The van der Waals surface area contributed by atoms with Crippen molar-refractivity contribution < 1.29 is 14.0 Å². The first-order valence-electron chi connectivity index (χ1n) is 9.37. The number of fused-ring (bicyclic) bond motifs is 1. The summed E-state index contributed by atoms with van der Waals surface area (Å²) in [7, 11) is 0. The zero-order valence-electron chi connectivity index (χ0n) is 16.2. The van der Waals surface area contributed by atoms with Gasteiger partial charge in [-0.1, -0.05) is 11.6 Å². The van der Waals surface area contributed by atoms with Gasteiger partial charge in [0.15, 0.2) is 0 Å². The maximum absolute atomic E-state index is 13.5. The first-order valence-corrected chi connectivity index (χ1v) is 9.75. The molecule has 0 bridgehead atoms. The largest absolute Gasteiger partial charge is 0.365 e. The minimum atomic E-state index is -0.665. The van der Waals surface area contributed by atoms with Gasteiger partial charge in [-0.3, -0.25) is 19.3 Å². The van der Waals surface area contributed by atoms with Crippen molar-refractivity contribution in [3.63, 3.8) is 0 Å². The number of benzene rings is 1. The van der Waals surface area contributed by atoms with E-state index in [0.29, 0.717) is 35.7 Å². The average molecular weight is 428 g/mol. The fourth-order valence-electron chi connectivity index (χ4n) is 3.60. The normalized spacial score (nSPS) is 13.2. The highest BCUT2D eigenvalue weighted by molar-refractivity contribution is 6.31. The van der Waals surface area contributed by atoms with E-state index in [4.69, 9.17) is 17.3 Å². The van der Waals surface area contributed by atoms with Crippen LogP contribution in [0.2, 0.25) is 5.02 Å². The number of aromatic nitrogens is 3. The van der Waals surface area contributed by atoms with Crippen LogP contribution in [0, 0.1) is 12.7 Å². The van der Waals surface area contributed by atoms with Crippen LogP contribution >= 0.6 is 11.6 Å². The number of nitrogens with zero attached hydrogens (tertiary/aromatic N) is 4. The molecule has 4 rings (SSSR count). The third kappa shape index (κ3) is 3.78. The van der Waals surface area contributed by atoms with E-state index in [2.05, 4.69) is 10.1 Å². The molecule has 0 fully saturated rings. The van der Waals surface area contributed by atoms with Gasteiger partial charge in [-0.05, 0) is 42.8 Å². The number of nitrogens with two attached hydrogens (primary N) is 1. The summed E-state index contributed by atoms with van der Waals surface area (Å²) in [6, 6.07) is 7.86.